The summed E-state index contributed by atoms with van der Waals surface area (Å²) in [6.07, 6.45) is 5.79. The van der Waals surface area contributed by atoms with Crippen LogP contribution in [0, 0.1) is 28.2 Å². The van der Waals surface area contributed by atoms with Crippen molar-refractivity contribution in [1.29, 1.82) is 0 Å². The first-order chi connectivity index (χ1) is 17.1. The molecule has 0 unspecified atom stereocenters. The molecule has 1 saturated carbocycles. The number of esters is 1. The quantitative estimate of drug-likeness (QED) is 0.350. The molecule has 3 heterocycles. The molecule has 2 fully saturated rings. The Morgan fingerprint density at radius 1 is 1.33 bits per heavy atom. The van der Waals surface area contributed by atoms with Gasteiger partial charge in [0, 0.05) is 17.3 Å². The van der Waals surface area contributed by atoms with Crippen molar-refractivity contribution in [2.45, 2.75) is 70.3 Å². The maximum absolute atomic E-state index is 13.9. The lowest BCUT2D eigenvalue weighted by Gasteiger charge is -2.61. The number of carbonyl (C=O) groups is 3. The van der Waals surface area contributed by atoms with Crippen LogP contribution in [0.3, 0.4) is 0 Å². The van der Waals surface area contributed by atoms with Crippen molar-refractivity contribution in [3.05, 3.63) is 52.3 Å². The van der Waals surface area contributed by atoms with Crippen molar-refractivity contribution in [2.24, 2.45) is 22.2 Å². The Kier molecular flexibility index (Phi) is 4.64. The molecule has 8 heteroatoms. The SMILES string of the molecule is COC(=O)C[C@H]1[C@]2(C)C3=C(C)[C@H](c4ccoc4)C[C@H]3O[C@@H]2[C@H](OC=O)[C@@]23[N+]#C[C@]2(C)C=CC(=O)[C@]13C. The number of ketones is 1. The van der Waals surface area contributed by atoms with Gasteiger partial charge in [-0.3, -0.25) is 14.4 Å². The standard InChI is InChI=1S/C28H30NO7/c1-15-17(16-7-9-34-12-16)10-18-22(15)26(3)19(11-21(32)33-5)27(4)20(31)6-8-25(2)13-29-28(25,27)24(35-14-30)23(26)36-18/h6-9,12,14,17-19,23-24H,10-11H2,1-5H3/q+1/t17-,18-,19+,23-,24+,25+,26-,27+,28-/m1/s1. The molecule has 8 nitrogen and oxygen atoms in total. The number of methoxy groups -OCH3 is 1. The average molecular weight is 493 g/mol. The van der Waals surface area contributed by atoms with E-state index in [0.29, 0.717) is 12.9 Å². The van der Waals surface area contributed by atoms with E-state index in [4.69, 9.17) is 23.5 Å². The first kappa shape index (κ1) is 23.2. The van der Waals surface area contributed by atoms with Crippen molar-refractivity contribution in [1.82, 2.24) is 0 Å². The third-order valence-electron chi connectivity index (χ3n) is 10.2. The van der Waals surface area contributed by atoms with E-state index in [2.05, 4.69) is 19.9 Å². The summed E-state index contributed by atoms with van der Waals surface area (Å²) < 4.78 is 23.1. The normalized spacial score (nSPS) is 45.5. The molecule has 2 aliphatic heterocycles. The fourth-order valence-corrected chi connectivity index (χ4v) is 8.53. The number of carbonyl (C=O) groups excluding carboxylic acids is 3. The van der Waals surface area contributed by atoms with Gasteiger partial charge in [0.2, 0.25) is 11.5 Å². The van der Waals surface area contributed by atoms with E-state index >= 15 is 0 Å². The van der Waals surface area contributed by atoms with Crippen LogP contribution in [0.25, 0.3) is 4.85 Å². The maximum atomic E-state index is 13.9. The number of nitrogens with zero attached hydrogens (tertiary/aromatic N) is 1. The summed E-state index contributed by atoms with van der Waals surface area (Å²) in [7, 11) is 1.35. The van der Waals surface area contributed by atoms with Crippen LogP contribution < -0.4 is 0 Å². The number of ether oxygens (including phenoxy) is 3. The minimum absolute atomic E-state index is 0.00394. The van der Waals surface area contributed by atoms with Gasteiger partial charge >= 0.3 is 11.5 Å². The van der Waals surface area contributed by atoms with Gasteiger partial charge < -0.3 is 18.6 Å². The van der Waals surface area contributed by atoms with Crippen LogP contribution in [0.2, 0.25) is 0 Å². The van der Waals surface area contributed by atoms with E-state index in [9.17, 15) is 14.4 Å². The lowest BCUT2D eigenvalue weighted by molar-refractivity contribution is -0.217. The molecule has 188 valence electrons. The number of furan rings is 1. The summed E-state index contributed by atoms with van der Waals surface area (Å²) in [4.78, 5) is 43.4. The van der Waals surface area contributed by atoms with Gasteiger partial charge in [-0.05, 0) is 56.5 Å². The summed E-state index contributed by atoms with van der Waals surface area (Å²) in [6, 6.07) is 5.06. The predicted octanol–water partition coefficient (Wildman–Crippen LogP) is 3.83. The zero-order valence-electron chi connectivity index (χ0n) is 21.1. The van der Waals surface area contributed by atoms with Crippen LogP contribution in [-0.2, 0) is 28.6 Å². The summed E-state index contributed by atoms with van der Waals surface area (Å²) in [5, 5.41) is 0. The first-order valence-electron chi connectivity index (χ1n) is 12.4. The minimum atomic E-state index is -1.17. The zero-order chi connectivity index (χ0) is 25.7. The van der Waals surface area contributed by atoms with Gasteiger partial charge in [-0.25, -0.2) is 0 Å². The van der Waals surface area contributed by atoms with Crippen LogP contribution in [0.15, 0.2) is 46.3 Å². The van der Waals surface area contributed by atoms with Crippen LogP contribution in [0.5, 0.6) is 0 Å². The molecule has 6 rings (SSSR count). The third-order valence-corrected chi connectivity index (χ3v) is 10.2. The highest BCUT2D eigenvalue weighted by Crippen LogP contribution is 2.74. The van der Waals surface area contributed by atoms with E-state index in [-0.39, 0.29) is 24.2 Å². The molecule has 36 heavy (non-hydrogen) atoms. The Labute approximate surface area is 209 Å². The molecule has 5 aliphatic rings. The highest BCUT2D eigenvalue weighted by molar-refractivity contribution is 6.00. The summed E-state index contributed by atoms with van der Waals surface area (Å²) in [6.45, 7) is 8.36. The second-order valence-electron chi connectivity index (χ2n) is 11.3. The number of fused-ring (bicyclic) bond motifs is 3. The highest BCUT2D eigenvalue weighted by atomic mass is 16.6. The molecule has 1 saturated heterocycles. The van der Waals surface area contributed by atoms with Gasteiger partial charge in [0.25, 0.3) is 12.5 Å². The largest absolute Gasteiger partial charge is 0.472 e. The van der Waals surface area contributed by atoms with Crippen LogP contribution in [0.4, 0.5) is 0 Å². The Morgan fingerprint density at radius 2 is 2.11 bits per heavy atom. The first-order valence-corrected chi connectivity index (χ1v) is 12.4. The number of hydrogen-bond donors (Lipinski definition) is 0. The zero-order valence-corrected chi connectivity index (χ0v) is 21.1. The van der Waals surface area contributed by atoms with Gasteiger partial charge in [0.1, 0.15) is 11.5 Å². The number of rotatable bonds is 5. The van der Waals surface area contributed by atoms with E-state index in [0.717, 1.165) is 16.7 Å². The Bertz CT molecular complexity index is 1300. The number of allylic oxidation sites excluding steroid dienone is 2. The van der Waals surface area contributed by atoms with Crippen LogP contribution >= 0.6 is 0 Å². The molecule has 0 N–H and O–H groups in total. The molecule has 3 aliphatic carbocycles. The van der Waals surface area contributed by atoms with E-state index in [1.54, 1.807) is 24.7 Å². The fraction of sp³-hybridized carbons (Fsp3) is 0.571. The molecule has 0 amide bonds. The van der Waals surface area contributed by atoms with Gasteiger partial charge in [-0.1, -0.05) is 17.3 Å². The van der Waals surface area contributed by atoms with E-state index in [1.807, 2.05) is 19.9 Å². The second kappa shape index (κ2) is 7.19. The van der Waals surface area contributed by atoms with E-state index < -0.39 is 45.9 Å². The van der Waals surface area contributed by atoms with Crippen LogP contribution in [0.1, 0.15) is 52.0 Å². The van der Waals surface area contributed by atoms with Gasteiger partial charge in [0.05, 0.1) is 32.2 Å². The third kappa shape index (κ3) is 2.36. The van der Waals surface area contributed by atoms with Crippen molar-refractivity contribution in [3.8, 4) is 6.07 Å². The maximum Gasteiger partial charge on any atom is 0.357 e. The summed E-state index contributed by atoms with van der Waals surface area (Å²) in [5.41, 5.74) is -0.606. The second-order valence-corrected chi connectivity index (χ2v) is 11.3. The van der Waals surface area contributed by atoms with Crippen molar-refractivity contribution in [2.75, 3.05) is 7.11 Å². The lowest BCUT2D eigenvalue weighted by atomic mass is 9.36. The molecule has 1 aromatic heterocycles. The Morgan fingerprint density at radius 3 is 2.72 bits per heavy atom. The Balaban J connectivity index is 1.61. The molecule has 1 aromatic rings. The molecular formula is C28H30NO7+. The van der Waals surface area contributed by atoms with Gasteiger partial charge in [-0.15, -0.1) is 0 Å². The minimum Gasteiger partial charge on any atom is -0.472 e. The smallest absolute Gasteiger partial charge is 0.357 e. The van der Waals surface area contributed by atoms with Crippen molar-refractivity contribution < 1.29 is 33.0 Å². The lowest BCUT2D eigenvalue weighted by Crippen LogP contribution is -2.79. The van der Waals surface area contributed by atoms with Gasteiger partial charge in [0.15, 0.2) is 5.78 Å². The monoisotopic (exact) mass is 492 g/mol. The highest BCUT2D eigenvalue weighted by Gasteiger charge is 2.91. The summed E-state index contributed by atoms with van der Waals surface area (Å²) >= 11 is 0. The van der Waals surface area contributed by atoms with Crippen LogP contribution in [-0.4, -0.2) is 49.2 Å². The molecule has 0 radical (unpaired) electrons. The molecule has 0 bridgehead atoms. The molecule has 1 spiro atoms. The Hall–Kier alpha value is -3.18. The van der Waals surface area contributed by atoms with Crippen molar-refractivity contribution in [3.63, 3.8) is 0 Å². The van der Waals surface area contributed by atoms with Gasteiger partial charge in [-0.2, -0.15) is 0 Å². The molecular weight excluding hydrogens is 462 g/mol. The fourth-order valence-electron chi connectivity index (χ4n) is 8.53. The predicted molar refractivity (Wildman–Crippen MR) is 127 cm³/mol. The van der Waals surface area contributed by atoms with E-state index in [1.165, 1.54) is 7.11 Å². The number of hydrogen-bond acceptors (Lipinski definition) is 7. The summed E-state index contributed by atoms with van der Waals surface area (Å²) in [5.74, 6) is -0.982. The molecule has 0 aromatic carbocycles. The topological polar surface area (TPSA) is 96.4 Å². The molecule has 9 atom stereocenters. The van der Waals surface area contributed by atoms with Crippen molar-refractivity contribution >= 4 is 18.2 Å². The average Bonchev–Trinajstić information content (AvgIpc) is 3.55.